The number of carboxylic acids is 1. The van der Waals surface area contributed by atoms with E-state index >= 15 is 0 Å². The molecule has 1 saturated carbocycles. The van der Waals surface area contributed by atoms with E-state index in [4.69, 9.17) is 11.5 Å². The summed E-state index contributed by atoms with van der Waals surface area (Å²) < 4.78 is 0. The molecule has 2 N–H and O–H groups in total. The number of carboxylic acid groups (broad SMARTS) is 1. The van der Waals surface area contributed by atoms with Gasteiger partial charge in [-0.3, -0.25) is 4.79 Å². The number of carbonyl (C=O) groups is 2. The minimum atomic E-state index is -0.939. The van der Waals surface area contributed by atoms with Gasteiger partial charge in [-0.05, 0) is 32.6 Å². The van der Waals surface area contributed by atoms with Crippen LogP contribution in [0.4, 0.5) is 4.79 Å². The van der Waals surface area contributed by atoms with Gasteiger partial charge in [-0.1, -0.05) is 5.92 Å². The SMILES string of the molecule is C#CCN(CC1CC1)C(=O)NC(C)(C)CC(=O)O. The average molecular weight is 252 g/mol. The van der Waals surface area contributed by atoms with E-state index in [0.29, 0.717) is 12.5 Å². The summed E-state index contributed by atoms with van der Waals surface area (Å²) in [6.45, 7) is 4.28. The zero-order valence-corrected chi connectivity index (χ0v) is 10.9. The lowest BCUT2D eigenvalue weighted by Gasteiger charge is -2.29. The summed E-state index contributed by atoms with van der Waals surface area (Å²) in [6, 6.07) is -0.286. The molecular formula is C13H20N2O3. The first-order chi connectivity index (χ1) is 8.34. The number of rotatable bonds is 6. The molecule has 0 aromatic rings. The standard InChI is InChI=1S/C13H20N2O3/c1-4-7-15(9-10-5-6-10)12(18)14-13(2,3)8-11(16)17/h1,10H,5-9H2,2-3H3,(H,14,18)(H,16,17). The third-order valence-electron chi connectivity index (χ3n) is 2.78. The van der Waals surface area contributed by atoms with Gasteiger partial charge in [0.25, 0.3) is 0 Å². The molecule has 0 aromatic carbocycles. The Kier molecular flexibility index (Phi) is 4.60. The van der Waals surface area contributed by atoms with Crippen molar-refractivity contribution in [2.24, 2.45) is 5.92 Å². The van der Waals surface area contributed by atoms with Gasteiger partial charge >= 0.3 is 12.0 Å². The highest BCUT2D eigenvalue weighted by Crippen LogP contribution is 2.29. The number of terminal acetylenes is 1. The molecule has 0 radical (unpaired) electrons. The smallest absolute Gasteiger partial charge is 0.318 e. The predicted molar refractivity (Wildman–Crippen MR) is 68.0 cm³/mol. The lowest BCUT2D eigenvalue weighted by molar-refractivity contribution is -0.138. The summed E-state index contributed by atoms with van der Waals surface area (Å²) in [4.78, 5) is 24.3. The monoisotopic (exact) mass is 252 g/mol. The second-order valence-corrected chi connectivity index (χ2v) is 5.41. The summed E-state index contributed by atoms with van der Waals surface area (Å²) in [5, 5.41) is 11.5. The highest BCUT2D eigenvalue weighted by Gasteiger charge is 2.30. The quantitative estimate of drug-likeness (QED) is 0.700. The number of amides is 2. The van der Waals surface area contributed by atoms with E-state index in [-0.39, 0.29) is 19.0 Å². The van der Waals surface area contributed by atoms with Crippen molar-refractivity contribution in [2.75, 3.05) is 13.1 Å². The number of aliphatic carboxylic acids is 1. The van der Waals surface area contributed by atoms with Crippen LogP contribution in [0.3, 0.4) is 0 Å². The summed E-state index contributed by atoms with van der Waals surface area (Å²) in [6.07, 6.45) is 7.39. The Labute approximate surface area is 108 Å². The molecule has 1 fully saturated rings. The fourth-order valence-corrected chi connectivity index (χ4v) is 1.73. The molecule has 1 rings (SSSR count). The molecule has 2 amide bonds. The molecule has 0 saturated heterocycles. The number of nitrogens with zero attached hydrogens (tertiary/aromatic N) is 1. The first kappa shape index (κ1) is 14.4. The normalized spacial score (nSPS) is 14.7. The number of carbonyl (C=O) groups excluding carboxylic acids is 1. The fourth-order valence-electron chi connectivity index (χ4n) is 1.73. The van der Waals surface area contributed by atoms with Gasteiger partial charge in [0.2, 0.25) is 0 Å². The molecule has 5 nitrogen and oxygen atoms in total. The first-order valence-corrected chi connectivity index (χ1v) is 6.06. The van der Waals surface area contributed by atoms with Crippen LogP contribution in [0, 0.1) is 18.3 Å². The van der Waals surface area contributed by atoms with Crippen molar-refractivity contribution in [3.63, 3.8) is 0 Å². The maximum atomic E-state index is 12.0. The Balaban J connectivity index is 2.53. The molecule has 0 atom stereocenters. The Hall–Kier alpha value is -1.70. The van der Waals surface area contributed by atoms with Crippen molar-refractivity contribution < 1.29 is 14.7 Å². The third-order valence-corrected chi connectivity index (χ3v) is 2.78. The Morgan fingerprint density at radius 1 is 1.50 bits per heavy atom. The Bertz CT molecular complexity index is 367. The molecular weight excluding hydrogens is 232 g/mol. The molecule has 1 aliphatic carbocycles. The molecule has 0 bridgehead atoms. The maximum absolute atomic E-state index is 12.0. The second kappa shape index (κ2) is 5.76. The van der Waals surface area contributed by atoms with Gasteiger partial charge in [-0.2, -0.15) is 0 Å². The number of urea groups is 1. The van der Waals surface area contributed by atoms with Gasteiger partial charge in [-0.25, -0.2) is 4.79 Å². The highest BCUT2D eigenvalue weighted by atomic mass is 16.4. The van der Waals surface area contributed by atoms with Crippen LogP contribution in [0.2, 0.25) is 0 Å². The van der Waals surface area contributed by atoms with Crippen molar-refractivity contribution in [3.05, 3.63) is 0 Å². The zero-order chi connectivity index (χ0) is 13.8. The van der Waals surface area contributed by atoms with E-state index in [9.17, 15) is 9.59 Å². The van der Waals surface area contributed by atoms with Crippen LogP contribution in [0.5, 0.6) is 0 Å². The van der Waals surface area contributed by atoms with E-state index in [1.807, 2.05) is 0 Å². The van der Waals surface area contributed by atoms with E-state index in [1.165, 1.54) is 0 Å². The van der Waals surface area contributed by atoms with Crippen LogP contribution < -0.4 is 5.32 Å². The minimum absolute atomic E-state index is 0.119. The van der Waals surface area contributed by atoms with E-state index in [0.717, 1.165) is 12.8 Å². The molecule has 0 heterocycles. The van der Waals surface area contributed by atoms with Crippen LogP contribution >= 0.6 is 0 Å². The molecule has 0 unspecified atom stereocenters. The van der Waals surface area contributed by atoms with Gasteiger partial charge in [0.05, 0.1) is 13.0 Å². The van der Waals surface area contributed by atoms with Crippen LogP contribution in [0.15, 0.2) is 0 Å². The van der Waals surface area contributed by atoms with Crippen LogP contribution in [-0.4, -0.2) is 40.6 Å². The molecule has 0 aromatic heterocycles. The van der Waals surface area contributed by atoms with Crippen molar-refractivity contribution in [1.82, 2.24) is 10.2 Å². The Morgan fingerprint density at radius 2 is 2.11 bits per heavy atom. The van der Waals surface area contributed by atoms with Gasteiger partial charge < -0.3 is 15.3 Å². The topological polar surface area (TPSA) is 69.6 Å². The molecule has 0 aliphatic heterocycles. The molecule has 1 aliphatic rings. The van der Waals surface area contributed by atoms with E-state index < -0.39 is 11.5 Å². The summed E-state index contributed by atoms with van der Waals surface area (Å²) in [7, 11) is 0. The highest BCUT2D eigenvalue weighted by molar-refractivity contribution is 5.77. The lowest BCUT2D eigenvalue weighted by atomic mass is 10.0. The lowest BCUT2D eigenvalue weighted by Crippen LogP contribution is -2.51. The van der Waals surface area contributed by atoms with Crippen molar-refractivity contribution in [2.45, 2.75) is 38.6 Å². The second-order valence-electron chi connectivity index (χ2n) is 5.41. The fraction of sp³-hybridized carbons (Fsp3) is 0.692. The molecule has 18 heavy (non-hydrogen) atoms. The summed E-state index contributed by atoms with van der Waals surface area (Å²) in [5.74, 6) is 2.07. The van der Waals surface area contributed by atoms with Crippen LogP contribution in [0.25, 0.3) is 0 Å². The predicted octanol–water partition coefficient (Wildman–Crippen LogP) is 1.29. The Morgan fingerprint density at radius 3 is 2.56 bits per heavy atom. The van der Waals surface area contributed by atoms with Gasteiger partial charge in [0, 0.05) is 12.1 Å². The number of hydrogen-bond donors (Lipinski definition) is 2. The number of nitrogens with one attached hydrogen (secondary N) is 1. The van der Waals surface area contributed by atoms with Crippen molar-refractivity contribution >= 4 is 12.0 Å². The molecule has 5 heteroatoms. The van der Waals surface area contributed by atoms with Crippen molar-refractivity contribution in [1.29, 1.82) is 0 Å². The number of hydrogen-bond acceptors (Lipinski definition) is 2. The first-order valence-electron chi connectivity index (χ1n) is 6.06. The minimum Gasteiger partial charge on any atom is -0.481 e. The average Bonchev–Trinajstić information content (AvgIpc) is 2.97. The van der Waals surface area contributed by atoms with Crippen LogP contribution in [0.1, 0.15) is 33.1 Å². The molecule has 100 valence electrons. The van der Waals surface area contributed by atoms with Crippen molar-refractivity contribution in [3.8, 4) is 12.3 Å². The van der Waals surface area contributed by atoms with E-state index in [2.05, 4.69) is 11.2 Å². The van der Waals surface area contributed by atoms with E-state index in [1.54, 1.807) is 18.7 Å². The molecule has 0 spiro atoms. The summed E-state index contributed by atoms with van der Waals surface area (Å²) in [5.41, 5.74) is -0.778. The summed E-state index contributed by atoms with van der Waals surface area (Å²) >= 11 is 0. The van der Waals surface area contributed by atoms with Gasteiger partial charge in [-0.15, -0.1) is 6.42 Å². The zero-order valence-electron chi connectivity index (χ0n) is 10.9. The third kappa shape index (κ3) is 5.09. The van der Waals surface area contributed by atoms with Gasteiger partial charge in [0.15, 0.2) is 0 Å². The van der Waals surface area contributed by atoms with Crippen LogP contribution in [-0.2, 0) is 4.79 Å². The van der Waals surface area contributed by atoms with Gasteiger partial charge in [0.1, 0.15) is 0 Å². The maximum Gasteiger partial charge on any atom is 0.318 e. The largest absolute Gasteiger partial charge is 0.481 e.